The Bertz CT molecular complexity index is 598. The van der Waals surface area contributed by atoms with E-state index in [1.165, 1.54) is 19.2 Å². The number of hydrogen-bond acceptors (Lipinski definition) is 4. The van der Waals surface area contributed by atoms with Gasteiger partial charge in [0.05, 0.1) is 12.0 Å². The normalized spacial score (nSPS) is 16.4. The molecule has 0 aliphatic carbocycles. The molecule has 0 saturated heterocycles. The van der Waals surface area contributed by atoms with Crippen LogP contribution in [-0.4, -0.2) is 26.6 Å². The fraction of sp³-hybridized carbons (Fsp3) is 0.100. The Morgan fingerprint density at radius 2 is 2.06 bits per heavy atom. The monoisotopic (exact) mass is 240 g/mol. The molecule has 1 aromatic carbocycles. The highest BCUT2D eigenvalue weighted by molar-refractivity contribution is 7.96. The van der Waals surface area contributed by atoms with E-state index >= 15 is 0 Å². The average molecular weight is 240 g/mol. The molecular weight excluding hydrogens is 232 g/mol. The van der Waals surface area contributed by atoms with Crippen LogP contribution in [0.4, 0.5) is 0 Å². The first-order valence-corrected chi connectivity index (χ1v) is 5.84. The van der Waals surface area contributed by atoms with Gasteiger partial charge in [-0.1, -0.05) is 6.07 Å². The lowest BCUT2D eigenvalue weighted by Crippen LogP contribution is -2.09. The first kappa shape index (κ1) is 10.7. The van der Waals surface area contributed by atoms with Crippen LogP contribution in [0, 0.1) is 0 Å². The van der Waals surface area contributed by atoms with Gasteiger partial charge in [-0.2, -0.15) is 0 Å². The highest BCUT2D eigenvalue weighted by Gasteiger charge is 2.35. The summed E-state index contributed by atoms with van der Waals surface area (Å²) in [7, 11) is -2.50. The van der Waals surface area contributed by atoms with E-state index in [2.05, 4.69) is 0 Å². The second-order valence-corrected chi connectivity index (χ2v) is 5.08. The van der Waals surface area contributed by atoms with E-state index < -0.39 is 20.7 Å². The van der Waals surface area contributed by atoms with Crippen LogP contribution >= 0.6 is 0 Å². The predicted molar refractivity (Wildman–Crippen MR) is 55.8 cm³/mol. The number of rotatable bonds is 2. The number of fused-ring (bicyclic) bond motifs is 1. The van der Waals surface area contributed by atoms with Crippen molar-refractivity contribution in [2.24, 2.45) is 0 Å². The maximum absolute atomic E-state index is 11.8. The number of sulfone groups is 1. The average Bonchev–Trinajstić information content (AvgIpc) is 2.51. The van der Waals surface area contributed by atoms with E-state index in [9.17, 15) is 13.2 Å². The maximum Gasteiger partial charge on any atom is 0.347 e. The summed E-state index contributed by atoms with van der Waals surface area (Å²) in [5.74, 6) is -1.12. The van der Waals surface area contributed by atoms with Gasteiger partial charge in [0.25, 0.3) is 0 Å². The lowest BCUT2D eigenvalue weighted by atomic mass is 10.2. The summed E-state index contributed by atoms with van der Waals surface area (Å²) in [5.41, 5.74) is 0.294. The summed E-state index contributed by atoms with van der Waals surface area (Å²) < 4.78 is 28.6. The van der Waals surface area contributed by atoms with Crippen LogP contribution in [0.5, 0.6) is 5.75 Å². The van der Waals surface area contributed by atoms with Crippen molar-refractivity contribution in [3.63, 3.8) is 0 Å². The number of hydrogen-bond donors (Lipinski definition) is 1. The molecule has 2 rings (SSSR count). The molecule has 0 atom stereocenters. The van der Waals surface area contributed by atoms with Gasteiger partial charge in [-0.15, -0.1) is 0 Å². The second-order valence-electron chi connectivity index (χ2n) is 3.19. The van der Waals surface area contributed by atoms with Gasteiger partial charge >= 0.3 is 5.97 Å². The quantitative estimate of drug-likeness (QED) is 0.830. The van der Waals surface area contributed by atoms with Crippen LogP contribution < -0.4 is 4.74 Å². The molecule has 16 heavy (non-hydrogen) atoms. The maximum atomic E-state index is 11.8. The van der Waals surface area contributed by atoms with Crippen molar-refractivity contribution in [3.05, 3.63) is 28.7 Å². The van der Waals surface area contributed by atoms with Crippen molar-refractivity contribution in [1.82, 2.24) is 0 Å². The highest BCUT2D eigenvalue weighted by Crippen LogP contribution is 2.37. The zero-order valence-electron chi connectivity index (χ0n) is 8.30. The van der Waals surface area contributed by atoms with Gasteiger partial charge in [0.2, 0.25) is 9.84 Å². The minimum Gasteiger partial charge on any atom is -0.496 e. The van der Waals surface area contributed by atoms with E-state index in [1.54, 1.807) is 6.07 Å². The highest BCUT2D eigenvalue weighted by atomic mass is 32.2. The number of carbonyl (C=O) groups is 1. The number of ether oxygens (including phenoxy) is 1. The summed E-state index contributed by atoms with van der Waals surface area (Å²) in [5, 5.41) is 8.80. The first-order chi connectivity index (χ1) is 7.48. The lowest BCUT2D eigenvalue weighted by molar-refractivity contribution is -0.131. The van der Waals surface area contributed by atoms with E-state index in [0.29, 0.717) is 11.3 Å². The molecule has 0 amide bonds. The third-order valence-corrected chi connectivity index (χ3v) is 4.12. The molecule has 0 saturated carbocycles. The molecule has 84 valence electrons. The van der Waals surface area contributed by atoms with Gasteiger partial charge in [0, 0.05) is 5.56 Å². The third-order valence-electron chi connectivity index (χ3n) is 2.31. The fourth-order valence-electron chi connectivity index (χ4n) is 1.58. The van der Waals surface area contributed by atoms with Crippen LogP contribution in [0.1, 0.15) is 5.56 Å². The summed E-state index contributed by atoms with van der Waals surface area (Å²) in [4.78, 5) is 10.2. The van der Waals surface area contributed by atoms with E-state index in [-0.39, 0.29) is 4.90 Å². The summed E-state index contributed by atoms with van der Waals surface area (Å²) >= 11 is 0. The molecule has 0 radical (unpaired) electrons. The molecule has 1 N–H and O–H groups in total. The zero-order chi connectivity index (χ0) is 11.9. The molecule has 0 aromatic heterocycles. The number of carboxylic acids is 1. The molecule has 0 spiro atoms. The van der Waals surface area contributed by atoms with Gasteiger partial charge in [-0.3, -0.25) is 0 Å². The Morgan fingerprint density at radius 3 is 2.62 bits per heavy atom. The minimum absolute atomic E-state index is 0.0238. The second kappa shape index (κ2) is 3.34. The zero-order valence-corrected chi connectivity index (χ0v) is 9.11. The summed E-state index contributed by atoms with van der Waals surface area (Å²) in [6.45, 7) is 0. The molecule has 1 aliphatic heterocycles. The van der Waals surface area contributed by atoms with E-state index in [0.717, 1.165) is 6.08 Å². The fourth-order valence-corrected chi connectivity index (χ4v) is 3.03. The molecule has 1 aliphatic rings. The van der Waals surface area contributed by atoms with Crippen LogP contribution in [0.15, 0.2) is 28.0 Å². The number of benzene rings is 1. The molecule has 0 bridgehead atoms. The SMILES string of the molecule is COc1cccc2c1C=C(C(=O)O)S2(=O)=O. The van der Waals surface area contributed by atoms with Gasteiger partial charge in [0.15, 0.2) is 4.91 Å². The van der Waals surface area contributed by atoms with Crippen molar-refractivity contribution in [2.45, 2.75) is 4.90 Å². The summed E-state index contributed by atoms with van der Waals surface area (Å²) in [6.07, 6.45) is 1.12. The third kappa shape index (κ3) is 1.30. The van der Waals surface area contributed by atoms with Gasteiger partial charge in [-0.05, 0) is 18.2 Å². The Kier molecular flexibility index (Phi) is 2.23. The van der Waals surface area contributed by atoms with Crippen LogP contribution in [0.2, 0.25) is 0 Å². The molecule has 0 unspecified atom stereocenters. The van der Waals surface area contributed by atoms with Crippen molar-refractivity contribution in [2.75, 3.05) is 7.11 Å². The van der Waals surface area contributed by atoms with Crippen molar-refractivity contribution in [3.8, 4) is 5.75 Å². The lowest BCUT2D eigenvalue weighted by Gasteiger charge is -2.04. The Morgan fingerprint density at radius 1 is 1.38 bits per heavy atom. The van der Waals surface area contributed by atoms with Gasteiger partial charge < -0.3 is 9.84 Å². The van der Waals surface area contributed by atoms with Gasteiger partial charge in [0.1, 0.15) is 5.75 Å². The van der Waals surface area contributed by atoms with Crippen LogP contribution in [-0.2, 0) is 14.6 Å². The molecule has 5 nitrogen and oxygen atoms in total. The topological polar surface area (TPSA) is 80.7 Å². The molecule has 0 fully saturated rings. The van der Waals surface area contributed by atoms with E-state index in [4.69, 9.17) is 9.84 Å². The number of aliphatic carboxylic acids is 1. The molecule has 1 aromatic rings. The predicted octanol–water partition coefficient (Wildman–Crippen LogP) is 0.908. The van der Waals surface area contributed by atoms with Crippen LogP contribution in [0.3, 0.4) is 0 Å². The number of carboxylic acid groups (broad SMARTS) is 1. The van der Waals surface area contributed by atoms with Crippen molar-refractivity contribution < 1.29 is 23.1 Å². The van der Waals surface area contributed by atoms with Crippen molar-refractivity contribution >= 4 is 21.9 Å². The first-order valence-electron chi connectivity index (χ1n) is 4.35. The molecule has 1 heterocycles. The largest absolute Gasteiger partial charge is 0.496 e. The van der Waals surface area contributed by atoms with E-state index in [1.807, 2.05) is 0 Å². The Hall–Kier alpha value is -1.82. The standard InChI is InChI=1S/C10H8O5S/c1-15-7-3-2-4-8-6(7)5-9(10(11)12)16(8,13)14/h2-5H,1H3,(H,11,12). The minimum atomic E-state index is -3.90. The van der Waals surface area contributed by atoms with Crippen LogP contribution in [0.25, 0.3) is 6.08 Å². The van der Waals surface area contributed by atoms with Crippen molar-refractivity contribution in [1.29, 1.82) is 0 Å². The molecular formula is C10H8O5S. The smallest absolute Gasteiger partial charge is 0.347 e. The summed E-state index contributed by atoms with van der Waals surface area (Å²) in [6, 6.07) is 4.45. The number of methoxy groups -OCH3 is 1. The Labute approximate surface area is 91.9 Å². The van der Waals surface area contributed by atoms with Gasteiger partial charge in [-0.25, -0.2) is 13.2 Å². The molecule has 6 heteroatoms. The Balaban J connectivity index is 2.77.